The van der Waals surface area contributed by atoms with Crippen LogP contribution in [-0.2, 0) is 0 Å². The van der Waals surface area contributed by atoms with Gasteiger partial charge in [-0.25, -0.2) is 4.98 Å². The number of nitrogens with zero attached hydrogens (tertiary/aromatic N) is 6. The van der Waals surface area contributed by atoms with Crippen molar-refractivity contribution < 1.29 is 5.11 Å². The summed E-state index contributed by atoms with van der Waals surface area (Å²) in [5.74, 6) is 1.36. The Bertz CT molecular complexity index is 595. The number of aliphatic hydroxyl groups is 1. The molecule has 2 heterocycles. The van der Waals surface area contributed by atoms with E-state index in [4.69, 9.17) is 5.11 Å². The van der Waals surface area contributed by atoms with Crippen LogP contribution in [-0.4, -0.2) is 55.0 Å². The first-order chi connectivity index (χ1) is 10.2. The third-order valence-electron chi connectivity index (χ3n) is 3.69. The summed E-state index contributed by atoms with van der Waals surface area (Å²) in [5.41, 5.74) is 0.189. The van der Waals surface area contributed by atoms with Crippen LogP contribution in [0.5, 0.6) is 0 Å². The maximum absolute atomic E-state index is 9.09. The molecule has 1 saturated carbocycles. The lowest BCUT2D eigenvalue weighted by molar-refractivity contribution is 0.253. The van der Waals surface area contributed by atoms with Gasteiger partial charge in [-0.3, -0.25) is 0 Å². The summed E-state index contributed by atoms with van der Waals surface area (Å²) in [6, 6.07) is 0. The highest BCUT2D eigenvalue weighted by molar-refractivity contribution is 5.37. The van der Waals surface area contributed by atoms with Gasteiger partial charge in [-0.1, -0.05) is 0 Å². The van der Waals surface area contributed by atoms with Gasteiger partial charge < -0.3 is 15.7 Å². The number of nitrogens with one attached hydrogen (secondary N) is 2. The number of aromatic nitrogens is 6. The number of hydrogen-bond acceptors (Lipinski definition) is 8. The van der Waals surface area contributed by atoms with Crippen molar-refractivity contribution in [2.45, 2.75) is 19.3 Å². The van der Waals surface area contributed by atoms with Crippen LogP contribution in [0.3, 0.4) is 0 Å². The molecule has 1 aliphatic rings. The summed E-state index contributed by atoms with van der Waals surface area (Å²) in [7, 11) is 1.75. The fourth-order valence-electron chi connectivity index (χ4n) is 2.17. The molecule has 0 radical (unpaired) electrons. The summed E-state index contributed by atoms with van der Waals surface area (Å²) in [4.78, 5) is 16.7. The molecule has 3 N–H and O–H groups in total. The number of anilines is 2. The third kappa shape index (κ3) is 3.07. The Morgan fingerprint density at radius 1 is 1.29 bits per heavy atom. The van der Waals surface area contributed by atoms with Gasteiger partial charge in [0.1, 0.15) is 12.7 Å². The van der Waals surface area contributed by atoms with E-state index in [1.54, 1.807) is 7.05 Å². The van der Waals surface area contributed by atoms with Crippen LogP contribution in [0.15, 0.2) is 12.7 Å². The summed E-state index contributed by atoms with van der Waals surface area (Å²) in [6.07, 6.45) is 6.02. The minimum absolute atomic E-state index is 0.189. The average molecular weight is 290 g/mol. The predicted molar refractivity (Wildman–Crippen MR) is 76.2 cm³/mol. The van der Waals surface area contributed by atoms with Gasteiger partial charge in [-0.05, 0) is 24.7 Å². The fourth-order valence-corrected chi connectivity index (χ4v) is 2.17. The zero-order chi connectivity index (χ0) is 14.7. The molecular formula is C12H18N8O. The van der Waals surface area contributed by atoms with E-state index < -0.39 is 0 Å². The molecule has 0 unspecified atom stereocenters. The topological polar surface area (TPSA) is 114 Å². The van der Waals surface area contributed by atoms with E-state index in [1.165, 1.54) is 17.3 Å². The molecule has 2 aromatic rings. The minimum Gasteiger partial charge on any atom is -0.396 e. The van der Waals surface area contributed by atoms with Gasteiger partial charge in [-0.15, -0.1) is 0 Å². The van der Waals surface area contributed by atoms with Crippen molar-refractivity contribution in [3.63, 3.8) is 0 Å². The Balaban J connectivity index is 1.77. The largest absolute Gasteiger partial charge is 0.396 e. The summed E-state index contributed by atoms with van der Waals surface area (Å²) >= 11 is 0. The molecule has 2 aromatic heterocycles. The van der Waals surface area contributed by atoms with Crippen molar-refractivity contribution >= 4 is 11.9 Å². The summed E-state index contributed by atoms with van der Waals surface area (Å²) < 4.78 is 1.48. The first-order valence-electron chi connectivity index (χ1n) is 6.88. The maximum atomic E-state index is 9.09. The van der Waals surface area contributed by atoms with E-state index in [0.717, 1.165) is 25.8 Å². The molecule has 0 aromatic carbocycles. The van der Waals surface area contributed by atoms with Gasteiger partial charge in [0.05, 0.1) is 0 Å². The van der Waals surface area contributed by atoms with Gasteiger partial charge in [0.25, 0.3) is 5.95 Å². The Kier molecular flexibility index (Phi) is 3.65. The molecule has 1 aliphatic carbocycles. The van der Waals surface area contributed by atoms with Crippen LogP contribution in [0.2, 0.25) is 0 Å². The normalized spacial score (nSPS) is 15.7. The smallest absolute Gasteiger partial charge is 0.258 e. The first-order valence-corrected chi connectivity index (χ1v) is 6.88. The lowest BCUT2D eigenvalue weighted by atomic mass is 10.0. The molecule has 1 fully saturated rings. The second kappa shape index (κ2) is 5.60. The van der Waals surface area contributed by atoms with Crippen molar-refractivity contribution in [1.82, 2.24) is 29.7 Å². The maximum Gasteiger partial charge on any atom is 0.258 e. The van der Waals surface area contributed by atoms with Gasteiger partial charge in [-0.2, -0.15) is 24.7 Å². The highest BCUT2D eigenvalue weighted by atomic mass is 16.3. The molecule has 0 aliphatic heterocycles. The highest BCUT2D eigenvalue weighted by Crippen LogP contribution is 2.48. The third-order valence-corrected chi connectivity index (χ3v) is 3.69. The van der Waals surface area contributed by atoms with Gasteiger partial charge in [0.15, 0.2) is 0 Å². The van der Waals surface area contributed by atoms with E-state index >= 15 is 0 Å². The summed E-state index contributed by atoms with van der Waals surface area (Å²) in [6.45, 7) is 0.961. The molecule has 9 nitrogen and oxygen atoms in total. The van der Waals surface area contributed by atoms with Gasteiger partial charge in [0, 0.05) is 20.2 Å². The van der Waals surface area contributed by atoms with Crippen molar-refractivity contribution in [2.24, 2.45) is 5.41 Å². The average Bonchev–Trinajstić information content (AvgIpc) is 3.05. The van der Waals surface area contributed by atoms with Gasteiger partial charge in [0.2, 0.25) is 11.9 Å². The second-order valence-electron chi connectivity index (χ2n) is 5.20. The molecular weight excluding hydrogens is 272 g/mol. The van der Waals surface area contributed by atoms with Gasteiger partial charge >= 0.3 is 0 Å². The van der Waals surface area contributed by atoms with Crippen LogP contribution < -0.4 is 10.6 Å². The second-order valence-corrected chi connectivity index (χ2v) is 5.20. The molecule has 0 atom stereocenters. The van der Waals surface area contributed by atoms with Crippen LogP contribution in [0, 0.1) is 5.41 Å². The molecule has 9 heteroatoms. The zero-order valence-corrected chi connectivity index (χ0v) is 11.8. The molecule has 0 saturated heterocycles. The van der Waals surface area contributed by atoms with E-state index in [9.17, 15) is 0 Å². The van der Waals surface area contributed by atoms with Crippen molar-refractivity contribution in [2.75, 3.05) is 30.8 Å². The Morgan fingerprint density at radius 3 is 2.71 bits per heavy atom. The van der Waals surface area contributed by atoms with E-state index in [0.29, 0.717) is 17.8 Å². The molecule has 21 heavy (non-hydrogen) atoms. The van der Waals surface area contributed by atoms with Crippen molar-refractivity contribution in [3.05, 3.63) is 12.7 Å². The monoisotopic (exact) mass is 290 g/mol. The van der Waals surface area contributed by atoms with Crippen molar-refractivity contribution in [1.29, 1.82) is 0 Å². The van der Waals surface area contributed by atoms with E-state index in [-0.39, 0.29) is 12.0 Å². The molecule has 3 rings (SSSR count). The van der Waals surface area contributed by atoms with Crippen LogP contribution >= 0.6 is 0 Å². The lowest BCUT2D eigenvalue weighted by Crippen LogP contribution is -2.19. The first kappa shape index (κ1) is 13.7. The highest BCUT2D eigenvalue weighted by Gasteiger charge is 2.41. The fraction of sp³-hybridized carbons (Fsp3) is 0.583. The number of rotatable bonds is 7. The molecule has 112 valence electrons. The van der Waals surface area contributed by atoms with Crippen LogP contribution in [0.25, 0.3) is 5.95 Å². The van der Waals surface area contributed by atoms with Crippen LogP contribution in [0.4, 0.5) is 11.9 Å². The Labute approximate surface area is 121 Å². The standard InChI is InChI=1S/C12H18N8O/c1-13-9-17-10(15-6-12(2-3-12)4-5-21)19-11(18-9)20-8-14-7-16-20/h7-8,21H,2-6H2,1H3,(H2,13,15,17,18,19). The van der Waals surface area contributed by atoms with Crippen LogP contribution in [0.1, 0.15) is 19.3 Å². The molecule has 0 spiro atoms. The number of aliphatic hydroxyl groups excluding tert-OH is 1. The predicted octanol–water partition coefficient (Wildman–Crippen LogP) is 0.0685. The molecule has 0 bridgehead atoms. The molecule has 0 amide bonds. The van der Waals surface area contributed by atoms with E-state index in [1.807, 2.05) is 0 Å². The zero-order valence-electron chi connectivity index (χ0n) is 11.8. The quantitative estimate of drug-likeness (QED) is 0.656. The minimum atomic E-state index is 0.189. The summed E-state index contributed by atoms with van der Waals surface area (Å²) in [5, 5.41) is 19.2. The SMILES string of the molecule is CNc1nc(NCC2(CCO)CC2)nc(-n2cncn2)n1. The van der Waals surface area contributed by atoms with E-state index in [2.05, 4.69) is 35.7 Å². The number of hydrogen-bond donors (Lipinski definition) is 3. The van der Waals surface area contributed by atoms with Crippen molar-refractivity contribution in [3.8, 4) is 5.95 Å². The lowest BCUT2D eigenvalue weighted by Gasteiger charge is -2.15. The Morgan fingerprint density at radius 2 is 2.10 bits per heavy atom. The Hall–Kier alpha value is -2.29.